The van der Waals surface area contributed by atoms with Crippen molar-refractivity contribution in [2.45, 2.75) is 83.8 Å². The summed E-state index contributed by atoms with van der Waals surface area (Å²) in [5.41, 5.74) is 6.41. The molecule has 0 aliphatic heterocycles. The van der Waals surface area contributed by atoms with Crippen LogP contribution in [0.25, 0.3) is 0 Å². The van der Waals surface area contributed by atoms with Crippen LogP contribution in [0, 0.1) is 0 Å². The van der Waals surface area contributed by atoms with Crippen molar-refractivity contribution in [1.82, 2.24) is 0 Å². The highest BCUT2D eigenvalue weighted by Crippen LogP contribution is 2.32. The second kappa shape index (κ2) is 8.60. The van der Waals surface area contributed by atoms with Gasteiger partial charge in [0.1, 0.15) is 0 Å². The molecule has 0 radical (unpaired) electrons. The van der Waals surface area contributed by atoms with Gasteiger partial charge in [0.25, 0.3) is 8.32 Å². The third kappa shape index (κ3) is 4.51. The number of hydrogen-bond acceptors (Lipinski definition) is 1. The lowest BCUT2D eigenvalue weighted by molar-refractivity contribution is 0.413. The van der Waals surface area contributed by atoms with E-state index in [9.17, 15) is 0 Å². The Morgan fingerprint density at radius 3 is 2.32 bits per heavy atom. The Hall–Kier alpha value is -0.983. The molecule has 0 amide bonds. The van der Waals surface area contributed by atoms with E-state index in [-0.39, 0.29) is 0 Å². The summed E-state index contributed by atoms with van der Waals surface area (Å²) < 4.78 is 6.68. The van der Waals surface area contributed by atoms with Crippen LogP contribution in [0.4, 0.5) is 0 Å². The smallest absolute Gasteiger partial charge is 0.251 e. The van der Waals surface area contributed by atoms with Gasteiger partial charge in [0.15, 0.2) is 5.76 Å². The van der Waals surface area contributed by atoms with E-state index in [4.69, 9.17) is 4.43 Å². The van der Waals surface area contributed by atoms with Crippen LogP contribution in [0.3, 0.4) is 0 Å². The van der Waals surface area contributed by atoms with Gasteiger partial charge < -0.3 is 4.43 Å². The van der Waals surface area contributed by atoms with Crippen molar-refractivity contribution >= 4 is 8.32 Å². The van der Waals surface area contributed by atoms with Crippen LogP contribution < -0.4 is 0 Å². The van der Waals surface area contributed by atoms with Crippen LogP contribution in [0.5, 0.6) is 0 Å². The van der Waals surface area contributed by atoms with E-state index in [1.54, 1.807) is 0 Å². The molecule has 122 valence electrons. The summed E-state index contributed by atoms with van der Waals surface area (Å²) in [5, 5.41) is 0. The number of hydrogen-bond donors (Lipinski definition) is 0. The van der Waals surface area contributed by atoms with Gasteiger partial charge in [-0.1, -0.05) is 38.7 Å². The Morgan fingerprint density at radius 1 is 1.05 bits per heavy atom. The summed E-state index contributed by atoms with van der Waals surface area (Å²) in [6, 6.07) is 3.59. The molecule has 1 nitrogen and oxygen atoms in total. The molecular formula is C20H32OSi. The van der Waals surface area contributed by atoms with E-state index in [0.717, 1.165) is 12.2 Å². The summed E-state index contributed by atoms with van der Waals surface area (Å²) in [7, 11) is -1.61. The molecule has 0 atom stereocenters. The summed E-state index contributed by atoms with van der Waals surface area (Å²) in [6.45, 7) is 6.90. The van der Waals surface area contributed by atoms with Crippen molar-refractivity contribution in [2.24, 2.45) is 0 Å². The molecule has 0 N–H and O–H groups in total. The summed E-state index contributed by atoms with van der Waals surface area (Å²) >= 11 is 0. The van der Waals surface area contributed by atoms with Crippen LogP contribution in [0.15, 0.2) is 40.9 Å². The van der Waals surface area contributed by atoms with Gasteiger partial charge in [0.2, 0.25) is 0 Å². The van der Waals surface area contributed by atoms with Gasteiger partial charge in [-0.25, -0.2) is 0 Å². The monoisotopic (exact) mass is 316 g/mol. The first-order valence-corrected chi connectivity index (χ1v) is 11.8. The van der Waals surface area contributed by atoms with Crippen LogP contribution >= 0.6 is 0 Å². The predicted molar refractivity (Wildman–Crippen MR) is 98.4 cm³/mol. The fraction of sp³-hybridized carbons (Fsp3) is 0.650. The van der Waals surface area contributed by atoms with E-state index in [0.29, 0.717) is 0 Å². The highest BCUT2D eigenvalue weighted by molar-refractivity contribution is 6.73. The van der Waals surface area contributed by atoms with Crippen LogP contribution in [0.2, 0.25) is 18.1 Å². The first-order chi connectivity index (χ1) is 10.7. The van der Waals surface area contributed by atoms with Crippen LogP contribution in [-0.4, -0.2) is 8.32 Å². The number of allylic oxidation sites excluding steroid dienone is 4. The van der Waals surface area contributed by atoms with Gasteiger partial charge >= 0.3 is 0 Å². The molecule has 22 heavy (non-hydrogen) atoms. The SMILES string of the molecule is CC[Si](CC)(CC)OC(=C=CC1=CCCCC1)C1=CCCC1. The largest absolute Gasteiger partial charge is 0.538 e. The molecule has 0 aromatic rings. The molecule has 2 aliphatic carbocycles. The topological polar surface area (TPSA) is 9.23 Å². The van der Waals surface area contributed by atoms with Crippen molar-refractivity contribution in [1.29, 1.82) is 0 Å². The lowest BCUT2D eigenvalue weighted by Gasteiger charge is -2.30. The van der Waals surface area contributed by atoms with Crippen LogP contribution in [0.1, 0.15) is 65.7 Å². The molecule has 2 aliphatic rings. The van der Waals surface area contributed by atoms with E-state index >= 15 is 0 Å². The first-order valence-electron chi connectivity index (χ1n) is 9.27. The quantitative estimate of drug-likeness (QED) is 0.290. The lowest BCUT2D eigenvalue weighted by Crippen LogP contribution is -2.35. The highest BCUT2D eigenvalue weighted by Gasteiger charge is 2.32. The fourth-order valence-electron chi connectivity index (χ4n) is 3.40. The normalized spacial score (nSPS) is 18.3. The fourth-order valence-corrected chi connectivity index (χ4v) is 5.96. The molecule has 0 saturated carbocycles. The molecule has 0 spiro atoms. The average molecular weight is 317 g/mol. The molecule has 0 aromatic carbocycles. The second-order valence-electron chi connectivity index (χ2n) is 6.61. The average Bonchev–Trinajstić information content (AvgIpc) is 3.11. The van der Waals surface area contributed by atoms with Crippen molar-refractivity contribution in [2.75, 3.05) is 0 Å². The van der Waals surface area contributed by atoms with Crippen molar-refractivity contribution in [3.8, 4) is 0 Å². The molecule has 0 unspecified atom stereocenters. The summed E-state index contributed by atoms with van der Waals surface area (Å²) in [4.78, 5) is 0. The number of rotatable bonds is 7. The van der Waals surface area contributed by atoms with Gasteiger partial charge in [-0.05, 0) is 80.3 Å². The van der Waals surface area contributed by atoms with Gasteiger partial charge in [0, 0.05) is 0 Å². The minimum atomic E-state index is -1.61. The van der Waals surface area contributed by atoms with Gasteiger partial charge in [-0.3, -0.25) is 0 Å². The Balaban J connectivity index is 2.26. The maximum atomic E-state index is 6.68. The van der Waals surface area contributed by atoms with Crippen molar-refractivity contribution < 1.29 is 4.43 Å². The van der Waals surface area contributed by atoms with Gasteiger partial charge in [-0.2, -0.15) is 0 Å². The zero-order chi connectivity index (χ0) is 15.8. The van der Waals surface area contributed by atoms with Crippen molar-refractivity contribution in [3.63, 3.8) is 0 Å². The molecule has 0 aromatic heterocycles. The predicted octanol–water partition coefficient (Wildman–Crippen LogP) is 6.66. The zero-order valence-corrected chi connectivity index (χ0v) is 15.7. The Morgan fingerprint density at radius 2 is 1.77 bits per heavy atom. The van der Waals surface area contributed by atoms with Gasteiger partial charge in [0.05, 0.1) is 0 Å². The van der Waals surface area contributed by atoms with E-state index in [2.05, 4.69) is 44.7 Å². The third-order valence-corrected chi connectivity index (χ3v) is 9.80. The Kier molecular flexibility index (Phi) is 6.79. The standard InChI is InChI=1S/C20H32OSi/c1-4-22(5-2,6-3)21-20(19-14-10-11-15-19)17-16-18-12-8-7-9-13-18/h12,14,16H,4-11,13,15H2,1-3H3. The minimum Gasteiger partial charge on any atom is -0.538 e. The van der Waals surface area contributed by atoms with E-state index in [1.807, 2.05) is 0 Å². The van der Waals surface area contributed by atoms with E-state index in [1.165, 1.54) is 67.8 Å². The molecule has 2 heteroatoms. The van der Waals surface area contributed by atoms with Crippen molar-refractivity contribution in [3.05, 3.63) is 40.9 Å². The Bertz CT molecular complexity index is 480. The molecule has 0 saturated heterocycles. The summed E-state index contributed by atoms with van der Waals surface area (Å²) in [6.07, 6.45) is 15.7. The first kappa shape index (κ1) is 17.4. The second-order valence-corrected chi connectivity index (χ2v) is 11.3. The summed E-state index contributed by atoms with van der Waals surface area (Å²) in [5.74, 6) is 1.07. The maximum absolute atomic E-state index is 6.68. The zero-order valence-electron chi connectivity index (χ0n) is 14.7. The van der Waals surface area contributed by atoms with Gasteiger partial charge in [-0.15, -0.1) is 0 Å². The van der Waals surface area contributed by atoms with E-state index < -0.39 is 8.32 Å². The third-order valence-electron chi connectivity index (χ3n) is 5.30. The highest BCUT2D eigenvalue weighted by atomic mass is 28.4. The molecule has 0 fully saturated rings. The molecule has 0 heterocycles. The molecular weight excluding hydrogens is 284 g/mol. The molecule has 2 rings (SSSR count). The minimum absolute atomic E-state index is 1.07. The Labute approximate surface area is 138 Å². The maximum Gasteiger partial charge on any atom is 0.251 e. The lowest BCUT2D eigenvalue weighted by atomic mass is 9.99. The molecule has 0 bridgehead atoms. The van der Waals surface area contributed by atoms with Crippen LogP contribution in [-0.2, 0) is 4.43 Å².